The van der Waals surface area contributed by atoms with E-state index in [4.69, 9.17) is 4.74 Å². The second-order valence-corrected chi connectivity index (χ2v) is 7.00. The molecular weight excluding hydrogens is 418 g/mol. The summed E-state index contributed by atoms with van der Waals surface area (Å²) >= 11 is 3.56. The number of nitrogens with zero attached hydrogens (tertiary/aromatic N) is 2. The molecule has 3 aromatic rings. The van der Waals surface area contributed by atoms with Gasteiger partial charge in [0.25, 0.3) is 0 Å². The van der Waals surface area contributed by atoms with Crippen molar-refractivity contribution in [2.24, 2.45) is 4.99 Å². The first-order valence-corrected chi connectivity index (χ1v) is 9.35. The summed E-state index contributed by atoms with van der Waals surface area (Å²) in [5.74, 6) is 1.07. The predicted octanol–water partition coefficient (Wildman–Crippen LogP) is 4.90. The highest BCUT2D eigenvalue weighted by atomic mass is 79.9. The molecule has 1 N–H and O–H groups in total. The van der Waals surface area contributed by atoms with Crippen molar-refractivity contribution in [2.75, 3.05) is 11.9 Å². The van der Waals surface area contributed by atoms with E-state index in [0.29, 0.717) is 28.5 Å². The number of halogens is 1. The van der Waals surface area contributed by atoms with Crippen LogP contribution in [0.25, 0.3) is 0 Å². The van der Waals surface area contributed by atoms with Gasteiger partial charge in [-0.1, -0.05) is 30.3 Å². The molecule has 4 rings (SSSR count). The van der Waals surface area contributed by atoms with E-state index in [2.05, 4.69) is 32.3 Å². The van der Waals surface area contributed by atoms with Crippen LogP contribution < -0.4 is 10.1 Å². The molecule has 1 amide bonds. The van der Waals surface area contributed by atoms with Crippen LogP contribution in [-0.4, -0.2) is 18.2 Å². The number of fused-ring (bicyclic) bond motifs is 1. The number of aliphatic imine (C=N–C) groups is 1. The SMILES string of the molecule is N#Cc1cccc(C2=NCC(=O)Nc3cc(Oc4ccccc4)c(Br)cc32)c1. The minimum Gasteiger partial charge on any atom is -0.456 e. The van der Waals surface area contributed by atoms with Gasteiger partial charge in [0.2, 0.25) is 5.91 Å². The van der Waals surface area contributed by atoms with E-state index in [-0.39, 0.29) is 12.5 Å². The van der Waals surface area contributed by atoms with Crippen molar-refractivity contribution in [3.63, 3.8) is 0 Å². The predicted molar refractivity (Wildman–Crippen MR) is 111 cm³/mol. The molecule has 0 saturated carbocycles. The maximum absolute atomic E-state index is 12.2. The van der Waals surface area contributed by atoms with Crippen LogP contribution in [0.3, 0.4) is 0 Å². The van der Waals surface area contributed by atoms with Gasteiger partial charge in [0.1, 0.15) is 18.0 Å². The molecular formula is C22H14BrN3O2. The molecule has 0 aromatic heterocycles. The van der Waals surface area contributed by atoms with Crippen LogP contribution in [-0.2, 0) is 4.79 Å². The van der Waals surface area contributed by atoms with Gasteiger partial charge >= 0.3 is 0 Å². The topological polar surface area (TPSA) is 74.5 Å². The van der Waals surface area contributed by atoms with Gasteiger partial charge in [-0.2, -0.15) is 5.26 Å². The summed E-state index contributed by atoms with van der Waals surface area (Å²) in [5.41, 5.74) is 3.33. The van der Waals surface area contributed by atoms with E-state index in [0.717, 1.165) is 15.6 Å². The fourth-order valence-corrected chi connectivity index (χ4v) is 3.38. The Morgan fingerprint density at radius 2 is 1.89 bits per heavy atom. The molecule has 1 aliphatic heterocycles. The molecule has 1 heterocycles. The van der Waals surface area contributed by atoms with E-state index in [1.54, 1.807) is 24.3 Å². The Balaban J connectivity index is 1.80. The molecule has 0 saturated heterocycles. The van der Waals surface area contributed by atoms with Gasteiger partial charge in [-0.15, -0.1) is 0 Å². The minimum absolute atomic E-state index is 0.00723. The summed E-state index contributed by atoms with van der Waals surface area (Å²) in [6, 6.07) is 22.4. The first kappa shape index (κ1) is 18.0. The van der Waals surface area contributed by atoms with Gasteiger partial charge in [-0.05, 0) is 46.3 Å². The lowest BCUT2D eigenvalue weighted by molar-refractivity contribution is -0.114. The molecule has 6 heteroatoms. The number of rotatable bonds is 3. The van der Waals surface area contributed by atoms with Crippen LogP contribution in [0, 0.1) is 11.3 Å². The third-order valence-electron chi connectivity index (χ3n) is 4.22. The Kier molecular flexibility index (Phi) is 4.92. The number of nitrogens with one attached hydrogen (secondary N) is 1. The molecule has 28 heavy (non-hydrogen) atoms. The van der Waals surface area contributed by atoms with E-state index in [9.17, 15) is 10.1 Å². The van der Waals surface area contributed by atoms with Crippen molar-refractivity contribution in [1.82, 2.24) is 0 Å². The standard InChI is InChI=1S/C22H14BrN3O2/c23-18-10-17-19(11-20(18)28-16-7-2-1-3-8-16)26-21(27)13-25-22(17)15-6-4-5-14(9-15)12-24/h1-11H,13H2,(H,26,27). The normalized spacial score (nSPS) is 12.9. The van der Waals surface area contributed by atoms with Crippen LogP contribution in [0.5, 0.6) is 11.5 Å². The molecule has 0 spiro atoms. The van der Waals surface area contributed by atoms with Crippen LogP contribution in [0.15, 0.2) is 76.2 Å². The largest absolute Gasteiger partial charge is 0.456 e. The number of para-hydroxylation sites is 1. The van der Waals surface area contributed by atoms with Crippen molar-refractivity contribution in [3.8, 4) is 17.6 Å². The lowest BCUT2D eigenvalue weighted by atomic mass is 9.99. The van der Waals surface area contributed by atoms with Crippen molar-refractivity contribution in [1.29, 1.82) is 5.26 Å². The molecule has 0 radical (unpaired) electrons. The molecule has 0 atom stereocenters. The molecule has 0 aliphatic carbocycles. The number of hydrogen-bond acceptors (Lipinski definition) is 4. The Morgan fingerprint density at radius 1 is 1.07 bits per heavy atom. The second kappa shape index (κ2) is 7.67. The smallest absolute Gasteiger partial charge is 0.246 e. The highest BCUT2D eigenvalue weighted by Gasteiger charge is 2.21. The van der Waals surface area contributed by atoms with Gasteiger partial charge in [-0.25, -0.2) is 0 Å². The Hall–Kier alpha value is -3.43. The van der Waals surface area contributed by atoms with Crippen LogP contribution in [0.2, 0.25) is 0 Å². The number of anilines is 1. The molecule has 0 bridgehead atoms. The van der Waals surface area contributed by atoms with Crippen molar-refractivity contribution < 1.29 is 9.53 Å². The minimum atomic E-state index is -0.208. The van der Waals surface area contributed by atoms with E-state index in [1.165, 1.54) is 0 Å². The van der Waals surface area contributed by atoms with Gasteiger partial charge in [0, 0.05) is 17.2 Å². The Labute approximate surface area is 170 Å². The molecule has 5 nitrogen and oxygen atoms in total. The fourth-order valence-electron chi connectivity index (χ4n) is 2.96. The molecule has 3 aromatic carbocycles. The first-order valence-electron chi connectivity index (χ1n) is 8.56. The van der Waals surface area contributed by atoms with E-state index >= 15 is 0 Å². The number of hydrogen-bond donors (Lipinski definition) is 1. The Morgan fingerprint density at radius 3 is 2.68 bits per heavy atom. The zero-order valence-electron chi connectivity index (χ0n) is 14.6. The van der Waals surface area contributed by atoms with Crippen LogP contribution in [0.4, 0.5) is 5.69 Å². The van der Waals surface area contributed by atoms with Crippen LogP contribution in [0.1, 0.15) is 16.7 Å². The molecule has 0 fully saturated rings. The number of amides is 1. The van der Waals surface area contributed by atoms with Crippen molar-refractivity contribution >= 4 is 33.2 Å². The van der Waals surface area contributed by atoms with Gasteiger partial charge in [-0.3, -0.25) is 9.79 Å². The monoisotopic (exact) mass is 431 g/mol. The summed E-state index contributed by atoms with van der Waals surface area (Å²) in [7, 11) is 0. The summed E-state index contributed by atoms with van der Waals surface area (Å²) in [5, 5.41) is 12.1. The average Bonchev–Trinajstić information content (AvgIpc) is 2.87. The maximum atomic E-state index is 12.2. The number of ether oxygens (including phenoxy) is 1. The maximum Gasteiger partial charge on any atom is 0.246 e. The number of nitriles is 1. The third-order valence-corrected chi connectivity index (χ3v) is 4.84. The van der Waals surface area contributed by atoms with Crippen LogP contribution >= 0.6 is 15.9 Å². The van der Waals surface area contributed by atoms with Gasteiger partial charge < -0.3 is 10.1 Å². The van der Waals surface area contributed by atoms with Crippen molar-refractivity contribution in [3.05, 3.63) is 87.9 Å². The number of carbonyl (C=O) groups excluding carboxylic acids is 1. The zero-order valence-corrected chi connectivity index (χ0v) is 16.2. The number of benzodiazepines with no additional fused rings is 1. The lowest BCUT2D eigenvalue weighted by Gasteiger charge is -2.15. The zero-order chi connectivity index (χ0) is 19.5. The number of carbonyl (C=O) groups is 1. The summed E-state index contributed by atoms with van der Waals surface area (Å²) < 4.78 is 6.68. The quantitative estimate of drug-likeness (QED) is 0.640. The molecule has 136 valence electrons. The lowest BCUT2D eigenvalue weighted by Crippen LogP contribution is -2.13. The van der Waals surface area contributed by atoms with Gasteiger partial charge in [0.15, 0.2) is 0 Å². The van der Waals surface area contributed by atoms with Crippen molar-refractivity contribution in [2.45, 2.75) is 0 Å². The first-order chi connectivity index (χ1) is 13.6. The Bertz CT molecular complexity index is 1130. The summed E-state index contributed by atoms with van der Waals surface area (Å²) in [6.07, 6.45) is 0. The number of benzene rings is 3. The molecule has 1 aliphatic rings. The van der Waals surface area contributed by atoms with E-state index < -0.39 is 0 Å². The summed E-state index contributed by atoms with van der Waals surface area (Å²) in [6.45, 7) is 0.00723. The summed E-state index contributed by atoms with van der Waals surface area (Å²) in [4.78, 5) is 16.7. The van der Waals surface area contributed by atoms with Gasteiger partial charge in [0.05, 0.1) is 27.5 Å². The van der Waals surface area contributed by atoms with E-state index in [1.807, 2.05) is 42.5 Å². The highest BCUT2D eigenvalue weighted by Crippen LogP contribution is 2.36. The molecule has 0 unspecified atom stereocenters. The third kappa shape index (κ3) is 3.66. The average molecular weight is 432 g/mol. The highest BCUT2D eigenvalue weighted by molar-refractivity contribution is 9.10. The fraction of sp³-hybridized carbons (Fsp3) is 0.0455. The second-order valence-electron chi connectivity index (χ2n) is 6.15.